The molecule has 0 radical (unpaired) electrons. The molecule has 0 unspecified atom stereocenters. The number of amides is 1. The molecule has 1 N–H and O–H groups in total. The first-order valence-electron chi connectivity index (χ1n) is 7.14. The maximum atomic E-state index is 12.2. The summed E-state index contributed by atoms with van der Waals surface area (Å²) in [4.78, 5) is 16.4. The number of hydrogen-bond acceptors (Lipinski definition) is 3. The summed E-state index contributed by atoms with van der Waals surface area (Å²) in [6.07, 6.45) is 7.50. The van der Waals surface area contributed by atoms with Crippen molar-refractivity contribution in [2.24, 2.45) is 5.92 Å². The molecule has 20 heavy (non-hydrogen) atoms. The molecule has 2 aromatic rings. The Bertz CT molecular complexity index is 557. The van der Waals surface area contributed by atoms with Crippen molar-refractivity contribution in [1.82, 2.24) is 4.98 Å². The van der Waals surface area contributed by atoms with Crippen LogP contribution in [0.25, 0.3) is 10.6 Å². The van der Waals surface area contributed by atoms with Crippen molar-refractivity contribution in [3.05, 3.63) is 35.8 Å². The average molecular weight is 286 g/mol. The van der Waals surface area contributed by atoms with Crippen LogP contribution in [0.2, 0.25) is 0 Å². The van der Waals surface area contributed by atoms with Crippen molar-refractivity contribution < 1.29 is 4.79 Å². The second-order valence-corrected chi connectivity index (χ2v) is 6.13. The molecule has 0 spiro atoms. The van der Waals surface area contributed by atoms with Crippen LogP contribution in [0.1, 0.15) is 32.1 Å². The van der Waals surface area contributed by atoms with E-state index in [1.165, 1.54) is 19.3 Å². The lowest BCUT2D eigenvalue weighted by molar-refractivity contribution is -0.120. The number of anilines is 1. The van der Waals surface area contributed by atoms with Crippen LogP contribution in [0.4, 0.5) is 5.69 Å². The van der Waals surface area contributed by atoms with E-state index in [2.05, 4.69) is 10.3 Å². The molecule has 1 fully saturated rings. The van der Waals surface area contributed by atoms with Crippen molar-refractivity contribution in [3.63, 3.8) is 0 Å². The fraction of sp³-hybridized carbons (Fsp3) is 0.375. The number of aromatic nitrogens is 1. The molecule has 0 aliphatic heterocycles. The fourth-order valence-corrected chi connectivity index (χ4v) is 3.32. The summed E-state index contributed by atoms with van der Waals surface area (Å²) in [7, 11) is 0. The quantitative estimate of drug-likeness (QED) is 0.912. The summed E-state index contributed by atoms with van der Waals surface area (Å²) in [6, 6.07) is 7.93. The van der Waals surface area contributed by atoms with Gasteiger partial charge in [-0.05, 0) is 37.1 Å². The number of rotatable bonds is 3. The Balaban J connectivity index is 1.64. The van der Waals surface area contributed by atoms with E-state index in [0.717, 1.165) is 29.1 Å². The maximum Gasteiger partial charge on any atom is 0.227 e. The Hall–Kier alpha value is -1.68. The van der Waals surface area contributed by atoms with Gasteiger partial charge in [-0.15, -0.1) is 11.3 Å². The highest BCUT2D eigenvalue weighted by molar-refractivity contribution is 7.13. The summed E-state index contributed by atoms with van der Waals surface area (Å²) in [6.45, 7) is 0. The van der Waals surface area contributed by atoms with Gasteiger partial charge < -0.3 is 5.32 Å². The lowest BCUT2D eigenvalue weighted by Gasteiger charge is -2.20. The van der Waals surface area contributed by atoms with Crippen molar-refractivity contribution in [3.8, 4) is 10.6 Å². The van der Waals surface area contributed by atoms with E-state index < -0.39 is 0 Å². The number of thiazole rings is 1. The summed E-state index contributed by atoms with van der Waals surface area (Å²) < 4.78 is 0. The van der Waals surface area contributed by atoms with Crippen molar-refractivity contribution >= 4 is 22.9 Å². The Morgan fingerprint density at radius 2 is 1.90 bits per heavy atom. The summed E-state index contributed by atoms with van der Waals surface area (Å²) in [5.41, 5.74) is 1.97. The molecule has 1 aliphatic rings. The summed E-state index contributed by atoms with van der Waals surface area (Å²) >= 11 is 1.62. The Kier molecular flexibility index (Phi) is 4.11. The van der Waals surface area contributed by atoms with Crippen LogP contribution < -0.4 is 5.32 Å². The van der Waals surface area contributed by atoms with Gasteiger partial charge >= 0.3 is 0 Å². The molecule has 0 atom stereocenters. The first-order valence-corrected chi connectivity index (χ1v) is 8.02. The zero-order valence-corrected chi connectivity index (χ0v) is 12.2. The first-order chi connectivity index (χ1) is 9.83. The van der Waals surface area contributed by atoms with Gasteiger partial charge in [-0.2, -0.15) is 0 Å². The number of benzene rings is 1. The molecule has 4 heteroatoms. The Labute approximate surface area is 123 Å². The van der Waals surface area contributed by atoms with Crippen molar-refractivity contribution in [1.29, 1.82) is 0 Å². The normalized spacial score (nSPS) is 16.0. The van der Waals surface area contributed by atoms with Crippen LogP contribution in [-0.2, 0) is 4.79 Å². The molecule has 1 heterocycles. The summed E-state index contributed by atoms with van der Waals surface area (Å²) in [5.74, 6) is 0.370. The highest BCUT2D eigenvalue weighted by Crippen LogP contribution is 2.26. The Morgan fingerprint density at radius 1 is 1.15 bits per heavy atom. The molecule has 1 amide bonds. The van der Waals surface area contributed by atoms with Gasteiger partial charge in [0.25, 0.3) is 0 Å². The van der Waals surface area contributed by atoms with Crippen LogP contribution in [-0.4, -0.2) is 10.9 Å². The van der Waals surface area contributed by atoms with Crippen LogP contribution >= 0.6 is 11.3 Å². The minimum Gasteiger partial charge on any atom is -0.326 e. The van der Waals surface area contributed by atoms with Gasteiger partial charge in [0, 0.05) is 28.7 Å². The van der Waals surface area contributed by atoms with Gasteiger partial charge in [0.15, 0.2) is 0 Å². The van der Waals surface area contributed by atoms with E-state index in [-0.39, 0.29) is 11.8 Å². The standard InChI is InChI=1S/C16H18N2OS/c19-15(12-4-2-1-3-5-12)18-14-8-6-13(7-9-14)16-17-10-11-20-16/h6-12H,1-5H2,(H,18,19). The largest absolute Gasteiger partial charge is 0.326 e. The highest BCUT2D eigenvalue weighted by Gasteiger charge is 2.20. The third-order valence-electron chi connectivity index (χ3n) is 3.81. The second kappa shape index (κ2) is 6.18. The minimum absolute atomic E-state index is 0.173. The van der Waals surface area contributed by atoms with E-state index in [4.69, 9.17) is 0 Å². The summed E-state index contributed by atoms with van der Waals surface area (Å²) in [5, 5.41) is 6.00. The molecule has 1 aliphatic carbocycles. The highest BCUT2D eigenvalue weighted by atomic mass is 32.1. The topological polar surface area (TPSA) is 42.0 Å². The molecule has 0 saturated heterocycles. The first kappa shape index (κ1) is 13.3. The molecule has 104 valence electrons. The van der Waals surface area contributed by atoms with E-state index in [9.17, 15) is 4.79 Å². The van der Waals surface area contributed by atoms with E-state index in [1.54, 1.807) is 17.5 Å². The predicted molar refractivity (Wildman–Crippen MR) is 82.8 cm³/mol. The van der Waals surface area contributed by atoms with Gasteiger partial charge in [-0.3, -0.25) is 4.79 Å². The third-order valence-corrected chi connectivity index (χ3v) is 4.63. The smallest absolute Gasteiger partial charge is 0.227 e. The zero-order valence-electron chi connectivity index (χ0n) is 11.3. The lowest BCUT2D eigenvalue weighted by atomic mass is 9.88. The second-order valence-electron chi connectivity index (χ2n) is 5.24. The molecular weight excluding hydrogens is 268 g/mol. The minimum atomic E-state index is 0.173. The maximum absolute atomic E-state index is 12.2. The number of hydrogen-bond donors (Lipinski definition) is 1. The van der Waals surface area contributed by atoms with E-state index in [0.29, 0.717) is 0 Å². The molecule has 1 aromatic carbocycles. The number of nitrogens with zero attached hydrogens (tertiary/aromatic N) is 1. The molecule has 1 saturated carbocycles. The predicted octanol–water partition coefficient (Wildman–Crippen LogP) is 4.33. The van der Waals surface area contributed by atoms with Crippen LogP contribution in [0.5, 0.6) is 0 Å². The van der Waals surface area contributed by atoms with Crippen LogP contribution in [0.15, 0.2) is 35.8 Å². The number of carbonyl (C=O) groups excluding carboxylic acids is 1. The van der Waals surface area contributed by atoms with Crippen molar-refractivity contribution in [2.45, 2.75) is 32.1 Å². The fourth-order valence-electron chi connectivity index (χ4n) is 2.67. The molecule has 1 aromatic heterocycles. The number of nitrogens with one attached hydrogen (secondary N) is 1. The molecule has 3 nitrogen and oxygen atoms in total. The lowest BCUT2D eigenvalue weighted by Crippen LogP contribution is -2.24. The van der Waals surface area contributed by atoms with E-state index >= 15 is 0 Å². The monoisotopic (exact) mass is 286 g/mol. The van der Waals surface area contributed by atoms with Gasteiger partial charge in [-0.1, -0.05) is 19.3 Å². The van der Waals surface area contributed by atoms with Crippen LogP contribution in [0, 0.1) is 5.92 Å². The van der Waals surface area contributed by atoms with Gasteiger partial charge in [0.2, 0.25) is 5.91 Å². The Morgan fingerprint density at radius 3 is 2.55 bits per heavy atom. The van der Waals surface area contributed by atoms with Gasteiger partial charge in [-0.25, -0.2) is 4.98 Å². The molecule has 0 bridgehead atoms. The average Bonchev–Trinajstić information content (AvgIpc) is 3.03. The van der Waals surface area contributed by atoms with Crippen LogP contribution in [0.3, 0.4) is 0 Å². The zero-order chi connectivity index (χ0) is 13.8. The van der Waals surface area contributed by atoms with Gasteiger partial charge in [0.05, 0.1) is 0 Å². The number of carbonyl (C=O) groups is 1. The molecule has 3 rings (SSSR count). The van der Waals surface area contributed by atoms with Crippen molar-refractivity contribution in [2.75, 3.05) is 5.32 Å². The SMILES string of the molecule is O=C(Nc1ccc(-c2nccs2)cc1)C1CCCCC1. The van der Waals surface area contributed by atoms with Gasteiger partial charge in [0.1, 0.15) is 5.01 Å². The third kappa shape index (κ3) is 3.07. The molecular formula is C16H18N2OS. The van der Waals surface area contributed by atoms with E-state index in [1.807, 2.05) is 29.6 Å².